The number of aliphatic carboxylic acids is 1. The highest BCUT2D eigenvalue weighted by molar-refractivity contribution is 5.76. The molecule has 0 amide bonds. The van der Waals surface area contributed by atoms with Crippen LogP contribution in [-0.2, 0) is 4.79 Å². The molecule has 1 saturated carbocycles. The smallest absolute Gasteiger partial charge is 0.309 e. The van der Waals surface area contributed by atoms with Gasteiger partial charge in [-0.05, 0) is 57.2 Å². The van der Waals surface area contributed by atoms with E-state index in [1.165, 1.54) is 0 Å². The van der Waals surface area contributed by atoms with Crippen molar-refractivity contribution in [2.75, 3.05) is 20.1 Å². The number of rotatable bonds is 2. The summed E-state index contributed by atoms with van der Waals surface area (Å²) in [6.45, 7) is 6.48. The van der Waals surface area contributed by atoms with E-state index >= 15 is 0 Å². The summed E-state index contributed by atoms with van der Waals surface area (Å²) < 4.78 is 0. The molecule has 0 bridgehead atoms. The highest BCUT2D eigenvalue weighted by Gasteiger charge is 2.58. The summed E-state index contributed by atoms with van der Waals surface area (Å²) in [5.41, 5.74) is -0.160. The molecule has 3 heteroatoms. The first kappa shape index (κ1) is 11.9. The molecule has 1 aliphatic heterocycles. The number of carboxylic acid groups (broad SMARTS) is 1. The van der Waals surface area contributed by atoms with Crippen LogP contribution in [0.3, 0.4) is 0 Å². The molecule has 1 saturated heterocycles. The number of nitrogens with zero attached hydrogens (tertiary/aromatic N) is 1. The zero-order valence-electron chi connectivity index (χ0n) is 10.6. The molecular formula is C13H23NO2. The standard InChI is InChI=1S/C13H23NO2/c1-12(2)8-13(9-12,11(15)16)10-4-6-14(3)7-5-10/h10H,4-9H2,1-3H3,(H,15,16). The number of carboxylic acids is 1. The van der Waals surface area contributed by atoms with Crippen LogP contribution in [0.15, 0.2) is 0 Å². The van der Waals surface area contributed by atoms with Crippen LogP contribution in [0.1, 0.15) is 39.5 Å². The predicted octanol–water partition coefficient (Wildman–Crippen LogP) is 2.22. The van der Waals surface area contributed by atoms with Gasteiger partial charge in [0.25, 0.3) is 0 Å². The van der Waals surface area contributed by atoms with E-state index in [1.807, 2.05) is 0 Å². The number of likely N-dealkylation sites (tertiary alicyclic amines) is 1. The second-order valence-corrected chi connectivity index (χ2v) is 6.56. The van der Waals surface area contributed by atoms with Crippen LogP contribution in [0.5, 0.6) is 0 Å². The fraction of sp³-hybridized carbons (Fsp3) is 0.923. The Morgan fingerprint density at radius 2 is 1.75 bits per heavy atom. The molecule has 0 unspecified atom stereocenters. The zero-order chi connectivity index (χ0) is 12.0. The second-order valence-electron chi connectivity index (χ2n) is 6.56. The Morgan fingerprint density at radius 3 is 2.12 bits per heavy atom. The van der Waals surface area contributed by atoms with Crippen molar-refractivity contribution in [2.24, 2.45) is 16.7 Å². The molecule has 0 aromatic heterocycles. The van der Waals surface area contributed by atoms with Gasteiger partial charge in [-0.2, -0.15) is 0 Å². The van der Waals surface area contributed by atoms with Crippen LogP contribution in [0.25, 0.3) is 0 Å². The van der Waals surface area contributed by atoms with Gasteiger partial charge in [0.2, 0.25) is 0 Å². The molecule has 3 nitrogen and oxygen atoms in total. The second kappa shape index (κ2) is 3.73. The average molecular weight is 225 g/mol. The van der Waals surface area contributed by atoms with E-state index < -0.39 is 11.4 Å². The zero-order valence-corrected chi connectivity index (χ0v) is 10.6. The van der Waals surface area contributed by atoms with Crippen LogP contribution in [0.4, 0.5) is 0 Å². The largest absolute Gasteiger partial charge is 0.481 e. The molecular weight excluding hydrogens is 202 g/mol. The van der Waals surface area contributed by atoms with E-state index in [4.69, 9.17) is 0 Å². The third kappa shape index (κ3) is 1.86. The third-order valence-corrected chi connectivity index (χ3v) is 4.51. The van der Waals surface area contributed by atoms with Gasteiger partial charge in [0.1, 0.15) is 0 Å². The van der Waals surface area contributed by atoms with Crippen molar-refractivity contribution in [3.8, 4) is 0 Å². The van der Waals surface area contributed by atoms with E-state index in [-0.39, 0.29) is 5.41 Å². The van der Waals surface area contributed by atoms with Gasteiger partial charge < -0.3 is 10.0 Å². The molecule has 0 atom stereocenters. The lowest BCUT2D eigenvalue weighted by molar-refractivity contribution is -0.174. The molecule has 2 rings (SSSR count). The SMILES string of the molecule is CN1CCC(C2(C(=O)O)CC(C)(C)C2)CC1. The summed E-state index contributed by atoms with van der Waals surface area (Å²) in [4.78, 5) is 13.9. The number of piperidine rings is 1. The maximum absolute atomic E-state index is 11.6. The van der Waals surface area contributed by atoms with Gasteiger partial charge in [-0.3, -0.25) is 4.79 Å². The van der Waals surface area contributed by atoms with Crippen molar-refractivity contribution < 1.29 is 9.90 Å². The molecule has 1 N–H and O–H groups in total. The van der Waals surface area contributed by atoms with Crippen LogP contribution in [-0.4, -0.2) is 36.1 Å². The van der Waals surface area contributed by atoms with Gasteiger partial charge in [-0.25, -0.2) is 0 Å². The first-order valence-corrected chi connectivity index (χ1v) is 6.28. The van der Waals surface area contributed by atoms with E-state index in [2.05, 4.69) is 25.8 Å². The van der Waals surface area contributed by atoms with Crippen LogP contribution in [0.2, 0.25) is 0 Å². The van der Waals surface area contributed by atoms with Gasteiger partial charge in [0.05, 0.1) is 5.41 Å². The van der Waals surface area contributed by atoms with Crippen LogP contribution in [0, 0.1) is 16.7 Å². The summed E-state index contributed by atoms with van der Waals surface area (Å²) in [7, 11) is 2.12. The molecule has 2 fully saturated rings. The fourth-order valence-electron chi connectivity index (χ4n) is 3.83. The summed E-state index contributed by atoms with van der Waals surface area (Å²) in [6.07, 6.45) is 3.84. The van der Waals surface area contributed by atoms with Crippen LogP contribution >= 0.6 is 0 Å². The first-order valence-electron chi connectivity index (χ1n) is 6.28. The van der Waals surface area contributed by atoms with Crippen molar-refractivity contribution in [2.45, 2.75) is 39.5 Å². The maximum atomic E-state index is 11.6. The minimum Gasteiger partial charge on any atom is -0.481 e. The summed E-state index contributed by atoms with van der Waals surface area (Å²) >= 11 is 0. The Balaban J connectivity index is 2.07. The Hall–Kier alpha value is -0.570. The maximum Gasteiger partial charge on any atom is 0.309 e. The highest BCUT2D eigenvalue weighted by atomic mass is 16.4. The molecule has 0 aromatic rings. The molecule has 0 aromatic carbocycles. The Kier molecular flexibility index (Phi) is 2.77. The topological polar surface area (TPSA) is 40.5 Å². The molecule has 1 heterocycles. The van der Waals surface area contributed by atoms with Gasteiger partial charge in [-0.15, -0.1) is 0 Å². The predicted molar refractivity (Wildman–Crippen MR) is 63.3 cm³/mol. The van der Waals surface area contributed by atoms with Gasteiger partial charge in [-0.1, -0.05) is 13.8 Å². The van der Waals surface area contributed by atoms with Crippen molar-refractivity contribution in [3.63, 3.8) is 0 Å². The Labute approximate surface area is 97.8 Å². The Morgan fingerprint density at radius 1 is 1.25 bits per heavy atom. The normalized spacial score (nSPS) is 29.7. The monoisotopic (exact) mass is 225 g/mol. The minimum absolute atomic E-state index is 0.238. The summed E-state index contributed by atoms with van der Waals surface area (Å²) in [5.74, 6) is -0.157. The van der Waals surface area contributed by atoms with E-state index in [0.717, 1.165) is 38.8 Å². The minimum atomic E-state index is -0.554. The van der Waals surface area contributed by atoms with Gasteiger partial charge in [0.15, 0.2) is 0 Å². The fourth-order valence-corrected chi connectivity index (χ4v) is 3.83. The molecule has 16 heavy (non-hydrogen) atoms. The van der Waals surface area contributed by atoms with Crippen molar-refractivity contribution in [1.29, 1.82) is 0 Å². The van der Waals surface area contributed by atoms with Crippen molar-refractivity contribution >= 4 is 5.97 Å². The summed E-state index contributed by atoms with van der Waals surface area (Å²) in [5, 5.41) is 9.52. The molecule has 0 spiro atoms. The van der Waals surface area contributed by atoms with Gasteiger partial charge >= 0.3 is 5.97 Å². The van der Waals surface area contributed by atoms with Crippen LogP contribution < -0.4 is 0 Å². The van der Waals surface area contributed by atoms with E-state index in [1.54, 1.807) is 0 Å². The number of carbonyl (C=O) groups is 1. The highest BCUT2D eigenvalue weighted by Crippen LogP contribution is 2.60. The third-order valence-electron chi connectivity index (χ3n) is 4.51. The average Bonchev–Trinajstić information content (AvgIpc) is 2.14. The quantitative estimate of drug-likeness (QED) is 0.783. The number of hydrogen-bond acceptors (Lipinski definition) is 2. The van der Waals surface area contributed by atoms with Crippen molar-refractivity contribution in [1.82, 2.24) is 4.90 Å². The lowest BCUT2D eigenvalue weighted by Gasteiger charge is -2.55. The van der Waals surface area contributed by atoms with E-state index in [9.17, 15) is 9.90 Å². The number of hydrogen-bond donors (Lipinski definition) is 1. The molecule has 2 aliphatic rings. The Bertz CT molecular complexity index is 282. The molecule has 0 radical (unpaired) electrons. The molecule has 1 aliphatic carbocycles. The van der Waals surface area contributed by atoms with Crippen molar-refractivity contribution in [3.05, 3.63) is 0 Å². The molecule has 92 valence electrons. The first-order chi connectivity index (χ1) is 7.36. The van der Waals surface area contributed by atoms with Gasteiger partial charge in [0, 0.05) is 0 Å². The lowest BCUT2D eigenvalue weighted by atomic mass is 9.48. The lowest BCUT2D eigenvalue weighted by Crippen LogP contribution is -2.55. The van der Waals surface area contributed by atoms with E-state index in [0.29, 0.717) is 5.92 Å². The summed E-state index contributed by atoms with van der Waals surface area (Å²) in [6, 6.07) is 0.